The zero-order valence-corrected chi connectivity index (χ0v) is 13.8. The van der Waals surface area contributed by atoms with Crippen LogP contribution in [-0.4, -0.2) is 25.1 Å². The Bertz CT molecular complexity index is 478. The van der Waals surface area contributed by atoms with E-state index in [9.17, 15) is 4.79 Å². The summed E-state index contributed by atoms with van der Waals surface area (Å²) < 4.78 is 5.13. The molecule has 1 heterocycles. The largest absolute Gasteiger partial charge is 0.497 e. The van der Waals surface area contributed by atoms with Gasteiger partial charge in [0.2, 0.25) is 5.91 Å². The molecule has 0 radical (unpaired) electrons. The summed E-state index contributed by atoms with van der Waals surface area (Å²) in [6, 6.07) is 8.38. The number of ether oxygens (including phenoxy) is 1. The van der Waals surface area contributed by atoms with Crippen LogP contribution < -0.4 is 15.4 Å². The second-order valence-corrected chi connectivity index (χ2v) is 6.17. The second kappa shape index (κ2) is 7.84. The zero-order chi connectivity index (χ0) is 14.7. The number of hydrogen-bond acceptors (Lipinski definition) is 3. The molecule has 3 rings (SSSR count). The Labute approximate surface area is 138 Å². The highest BCUT2D eigenvalue weighted by atomic mass is 35.5. The van der Waals surface area contributed by atoms with Crippen LogP contribution in [0.1, 0.15) is 37.7 Å². The van der Waals surface area contributed by atoms with E-state index in [0.29, 0.717) is 18.5 Å². The third-order valence-corrected chi connectivity index (χ3v) is 4.81. The van der Waals surface area contributed by atoms with E-state index in [0.717, 1.165) is 17.7 Å². The monoisotopic (exact) mass is 324 g/mol. The molecular weight excluding hydrogens is 300 g/mol. The Morgan fingerprint density at radius 2 is 2.00 bits per heavy atom. The molecule has 5 heteroatoms. The van der Waals surface area contributed by atoms with Gasteiger partial charge in [-0.2, -0.15) is 0 Å². The molecule has 0 aromatic heterocycles. The van der Waals surface area contributed by atoms with Crippen LogP contribution in [0.25, 0.3) is 0 Å². The summed E-state index contributed by atoms with van der Waals surface area (Å²) in [5.74, 6) is 1.68. The lowest BCUT2D eigenvalue weighted by atomic mass is 9.85. The molecule has 1 aromatic carbocycles. The average molecular weight is 325 g/mol. The van der Waals surface area contributed by atoms with Crippen molar-refractivity contribution < 1.29 is 9.53 Å². The molecule has 3 atom stereocenters. The number of carbonyl (C=O) groups excluding carboxylic acids is 1. The van der Waals surface area contributed by atoms with E-state index >= 15 is 0 Å². The topological polar surface area (TPSA) is 50.4 Å². The van der Waals surface area contributed by atoms with E-state index in [2.05, 4.69) is 10.6 Å². The van der Waals surface area contributed by atoms with Crippen molar-refractivity contribution in [2.24, 2.45) is 5.92 Å². The first-order valence-corrected chi connectivity index (χ1v) is 7.93. The summed E-state index contributed by atoms with van der Waals surface area (Å²) in [6.45, 7) is 0.580. The average Bonchev–Trinajstić information content (AvgIpc) is 2.97. The Kier molecular flexibility index (Phi) is 6.09. The van der Waals surface area contributed by atoms with E-state index in [1.165, 1.54) is 25.7 Å². The van der Waals surface area contributed by atoms with Gasteiger partial charge in [0.15, 0.2) is 0 Å². The van der Waals surface area contributed by atoms with Crippen molar-refractivity contribution in [2.75, 3.05) is 7.11 Å². The SMILES string of the molecule is COc1ccc(CNC(=O)C2CC3CCCCC3N2)cc1.Cl. The minimum atomic E-state index is -0.00338. The van der Waals surface area contributed by atoms with Gasteiger partial charge in [-0.1, -0.05) is 25.0 Å². The molecule has 0 spiro atoms. The second-order valence-electron chi connectivity index (χ2n) is 6.17. The van der Waals surface area contributed by atoms with Gasteiger partial charge in [0, 0.05) is 12.6 Å². The molecule has 2 fully saturated rings. The molecule has 2 N–H and O–H groups in total. The third-order valence-electron chi connectivity index (χ3n) is 4.81. The minimum Gasteiger partial charge on any atom is -0.497 e. The lowest BCUT2D eigenvalue weighted by Crippen LogP contribution is -2.42. The van der Waals surface area contributed by atoms with Gasteiger partial charge in [-0.15, -0.1) is 12.4 Å². The van der Waals surface area contributed by atoms with Crippen molar-refractivity contribution in [1.29, 1.82) is 0 Å². The first kappa shape index (κ1) is 17.1. The molecule has 1 aliphatic carbocycles. The van der Waals surface area contributed by atoms with Gasteiger partial charge in [-0.3, -0.25) is 4.79 Å². The van der Waals surface area contributed by atoms with E-state index in [-0.39, 0.29) is 24.4 Å². The number of hydrogen-bond donors (Lipinski definition) is 2. The van der Waals surface area contributed by atoms with Gasteiger partial charge in [-0.05, 0) is 42.9 Å². The van der Waals surface area contributed by atoms with Crippen LogP contribution in [0, 0.1) is 5.92 Å². The fourth-order valence-electron chi connectivity index (χ4n) is 3.58. The van der Waals surface area contributed by atoms with Crippen molar-refractivity contribution in [2.45, 2.75) is 50.7 Å². The van der Waals surface area contributed by atoms with Crippen LogP contribution in [0.4, 0.5) is 0 Å². The maximum Gasteiger partial charge on any atom is 0.237 e. The Balaban J connectivity index is 0.00000176. The van der Waals surface area contributed by atoms with Gasteiger partial charge >= 0.3 is 0 Å². The molecule has 1 saturated heterocycles. The molecule has 122 valence electrons. The highest BCUT2D eigenvalue weighted by Crippen LogP contribution is 2.33. The van der Waals surface area contributed by atoms with Crippen LogP contribution in [0.15, 0.2) is 24.3 Å². The van der Waals surface area contributed by atoms with E-state index in [1.54, 1.807) is 7.11 Å². The summed E-state index contributed by atoms with van der Waals surface area (Å²) in [4.78, 5) is 12.3. The zero-order valence-electron chi connectivity index (χ0n) is 13.0. The summed E-state index contributed by atoms with van der Waals surface area (Å²) in [6.07, 6.45) is 6.13. The number of benzene rings is 1. The summed E-state index contributed by atoms with van der Waals surface area (Å²) in [5.41, 5.74) is 1.10. The van der Waals surface area contributed by atoms with Crippen LogP contribution >= 0.6 is 12.4 Å². The summed E-state index contributed by atoms with van der Waals surface area (Å²) >= 11 is 0. The van der Waals surface area contributed by atoms with Gasteiger partial charge < -0.3 is 15.4 Å². The number of carbonyl (C=O) groups is 1. The Morgan fingerprint density at radius 3 is 2.68 bits per heavy atom. The smallest absolute Gasteiger partial charge is 0.237 e. The van der Waals surface area contributed by atoms with Crippen LogP contribution in [0.3, 0.4) is 0 Å². The minimum absolute atomic E-state index is 0. The summed E-state index contributed by atoms with van der Waals surface area (Å²) in [7, 11) is 1.65. The number of fused-ring (bicyclic) bond motifs is 1. The van der Waals surface area contributed by atoms with E-state index in [4.69, 9.17) is 4.74 Å². The number of rotatable bonds is 4. The van der Waals surface area contributed by atoms with E-state index < -0.39 is 0 Å². The molecule has 22 heavy (non-hydrogen) atoms. The van der Waals surface area contributed by atoms with Gasteiger partial charge in [0.1, 0.15) is 5.75 Å². The first-order valence-electron chi connectivity index (χ1n) is 7.93. The van der Waals surface area contributed by atoms with Crippen LogP contribution in [0.5, 0.6) is 5.75 Å². The molecule has 2 aliphatic rings. The third kappa shape index (κ3) is 3.93. The van der Waals surface area contributed by atoms with Crippen molar-refractivity contribution in [3.05, 3.63) is 29.8 Å². The lowest BCUT2D eigenvalue weighted by molar-refractivity contribution is -0.123. The number of halogens is 1. The van der Waals surface area contributed by atoms with E-state index in [1.807, 2.05) is 24.3 Å². The van der Waals surface area contributed by atoms with Crippen LogP contribution in [0.2, 0.25) is 0 Å². The molecule has 0 bridgehead atoms. The summed E-state index contributed by atoms with van der Waals surface area (Å²) in [5, 5.41) is 6.56. The highest BCUT2D eigenvalue weighted by Gasteiger charge is 2.37. The fraction of sp³-hybridized carbons (Fsp3) is 0.588. The number of amides is 1. The maximum atomic E-state index is 12.3. The van der Waals surface area contributed by atoms with Crippen molar-refractivity contribution >= 4 is 18.3 Å². The predicted octanol–water partition coefficient (Wildman–Crippen LogP) is 2.65. The molecule has 4 nitrogen and oxygen atoms in total. The molecule has 1 aliphatic heterocycles. The normalized spacial score (nSPS) is 26.7. The fourth-order valence-corrected chi connectivity index (χ4v) is 3.58. The number of nitrogens with one attached hydrogen (secondary N) is 2. The van der Waals surface area contributed by atoms with Gasteiger partial charge in [0.25, 0.3) is 0 Å². The molecule has 1 amide bonds. The quantitative estimate of drug-likeness (QED) is 0.895. The van der Waals surface area contributed by atoms with Crippen molar-refractivity contribution in [3.63, 3.8) is 0 Å². The molecule has 1 aromatic rings. The predicted molar refractivity (Wildman–Crippen MR) is 89.4 cm³/mol. The number of methoxy groups -OCH3 is 1. The first-order chi connectivity index (χ1) is 10.3. The Morgan fingerprint density at radius 1 is 1.27 bits per heavy atom. The van der Waals surface area contributed by atoms with Crippen molar-refractivity contribution in [3.8, 4) is 5.75 Å². The standard InChI is InChI=1S/C17H24N2O2.ClH/c1-21-14-8-6-12(7-9-14)11-18-17(20)16-10-13-4-2-3-5-15(13)19-16;/h6-9,13,15-16,19H,2-5,10-11H2,1H3,(H,18,20);1H. The molecule has 3 unspecified atom stereocenters. The van der Waals surface area contributed by atoms with Crippen LogP contribution in [-0.2, 0) is 11.3 Å². The maximum absolute atomic E-state index is 12.3. The lowest BCUT2D eigenvalue weighted by Gasteiger charge is -2.24. The highest BCUT2D eigenvalue weighted by molar-refractivity contribution is 5.85. The molecular formula is C17H25ClN2O2. The Hall–Kier alpha value is -1.26. The van der Waals surface area contributed by atoms with Gasteiger partial charge in [-0.25, -0.2) is 0 Å². The van der Waals surface area contributed by atoms with Gasteiger partial charge in [0.05, 0.1) is 13.2 Å². The van der Waals surface area contributed by atoms with Crippen molar-refractivity contribution in [1.82, 2.24) is 10.6 Å². The molecule has 1 saturated carbocycles.